The minimum Gasteiger partial charge on any atom is -0.494 e. The lowest BCUT2D eigenvalue weighted by atomic mass is 10.0. The van der Waals surface area contributed by atoms with Gasteiger partial charge in [0, 0.05) is 56.1 Å². The Labute approximate surface area is 225 Å². The maximum absolute atomic E-state index is 12.9. The molecule has 0 atom stereocenters. The maximum Gasteiger partial charge on any atom is 0.354 e. The van der Waals surface area contributed by atoms with E-state index in [1.165, 1.54) is 12.3 Å². The summed E-state index contributed by atoms with van der Waals surface area (Å²) in [4.78, 5) is 42.1. The van der Waals surface area contributed by atoms with Gasteiger partial charge in [-0.1, -0.05) is 30.3 Å². The molecule has 0 aliphatic carbocycles. The van der Waals surface area contributed by atoms with Crippen molar-refractivity contribution in [3.63, 3.8) is 0 Å². The van der Waals surface area contributed by atoms with Crippen LogP contribution in [0.4, 0.5) is 11.4 Å². The molecule has 3 N–H and O–H groups in total. The quantitative estimate of drug-likeness (QED) is 0.315. The molecule has 1 aliphatic heterocycles. The molecule has 0 radical (unpaired) electrons. The summed E-state index contributed by atoms with van der Waals surface area (Å²) >= 11 is 0. The highest BCUT2D eigenvalue weighted by atomic mass is 16.4. The highest BCUT2D eigenvalue weighted by Crippen LogP contribution is 2.32. The van der Waals surface area contributed by atoms with Gasteiger partial charge in [0.25, 0.3) is 0 Å². The van der Waals surface area contributed by atoms with Crippen molar-refractivity contribution in [2.45, 2.75) is 0 Å². The summed E-state index contributed by atoms with van der Waals surface area (Å²) in [5, 5.41) is 20.7. The molecule has 2 aromatic carbocycles. The third kappa shape index (κ3) is 5.66. The van der Waals surface area contributed by atoms with Gasteiger partial charge in [-0.3, -0.25) is 9.69 Å². The fourth-order valence-corrected chi connectivity index (χ4v) is 4.62. The molecule has 0 saturated carbocycles. The molecule has 200 valence electrons. The number of amides is 1. The van der Waals surface area contributed by atoms with Crippen LogP contribution in [-0.4, -0.2) is 94.4 Å². The van der Waals surface area contributed by atoms with E-state index < -0.39 is 5.97 Å². The van der Waals surface area contributed by atoms with E-state index in [4.69, 9.17) is 4.99 Å². The monoisotopic (exact) mass is 526 g/mol. The van der Waals surface area contributed by atoms with Crippen LogP contribution in [0.5, 0.6) is 5.88 Å². The number of aromatic amines is 1. The van der Waals surface area contributed by atoms with Crippen molar-refractivity contribution in [2.24, 2.45) is 4.99 Å². The number of benzene rings is 2. The van der Waals surface area contributed by atoms with Crippen molar-refractivity contribution < 1.29 is 19.8 Å². The number of aliphatic imine (C=N–C) groups is 1. The number of carbonyl (C=O) groups excluding carboxylic acids is 1. The number of rotatable bonds is 7. The summed E-state index contributed by atoms with van der Waals surface area (Å²) in [6.07, 6.45) is 1.42. The number of hydrogen-bond acceptors (Lipinski definition) is 7. The van der Waals surface area contributed by atoms with Crippen molar-refractivity contribution in [1.29, 1.82) is 0 Å². The fourth-order valence-electron chi connectivity index (χ4n) is 4.62. The molecule has 1 aliphatic rings. The van der Waals surface area contributed by atoms with Gasteiger partial charge in [-0.25, -0.2) is 14.8 Å². The van der Waals surface area contributed by atoms with Gasteiger partial charge in [-0.15, -0.1) is 0 Å². The molecular formula is C29H30N6O4. The predicted octanol–water partition coefficient (Wildman–Crippen LogP) is 3.35. The standard InChI is InChI=1S/C29H30N6O4/c1-33-12-14-35(15-13-33)18-25(36)34(2)21-10-8-20(9-11-21)31-27(19-6-4-3-5-7-19)26-22-17-30-24(29(38)39)16-23(22)32-28(26)37/h3-11,16-17,32,37H,12-15,18H2,1-2H3,(H,38,39). The molecule has 1 amide bonds. The van der Waals surface area contributed by atoms with Crippen molar-refractivity contribution >= 4 is 39.9 Å². The number of nitrogens with zero attached hydrogens (tertiary/aromatic N) is 5. The number of carboxylic acid groups (broad SMARTS) is 1. The number of likely N-dealkylation sites (N-methyl/N-ethyl adjacent to an activating group) is 2. The zero-order chi connectivity index (χ0) is 27.5. The first-order chi connectivity index (χ1) is 18.8. The average molecular weight is 527 g/mol. The van der Waals surface area contributed by atoms with Crippen LogP contribution in [-0.2, 0) is 4.79 Å². The van der Waals surface area contributed by atoms with Crippen molar-refractivity contribution in [3.05, 3.63) is 83.7 Å². The first-order valence-corrected chi connectivity index (χ1v) is 12.7. The molecule has 10 nitrogen and oxygen atoms in total. The summed E-state index contributed by atoms with van der Waals surface area (Å²) in [5.41, 5.74) is 3.38. The van der Waals surface area contributed by atoms with E-state index in [0.29, 0.717) is 34.4 Å². The Kier molecular flexibility index (Phi) is 7.40. The number of pyridine rings is 1. The van der Waals surface area contributed by atoms with Crippen molar-refractivity contribution in [2.75, 3.05) is 51.7 Å². The number of aromatic hydroxyl groups is 1. The van der Waals surface area contributed by atoms with Crippen molar-refractivity contribution in [1.82, 2.24) is 19.8 Å². The molecule has 0 bridgehead atoms. The second kappa shape index (κ2) is 11.1. The molecule has 0 unspecified atom stereocenters. The van der Waals surface area contributed by atoms with Gasteiger partial charge in [-0.2, -0.15) is 0 Å². The minimum absolute atomic E-state index is 0.0257. The van der Waals surface area contributed by atoms with Gasteiger partial charge in [0.2, 0.25) is 5.91 Å². The zero-order valence-electron chi connectivity index (χ0n) is 21.8. The summed E-state index contributed by atoms with van der Waals surface area (Å²) in [6, 6.07) is 18.1. The zero-order valence-corrected chi connectivity index (χ0v) is 21.8. The number of carboxylic acids is 1. The number of aromatic nitrogens is 2. The van der Waals surface area contributed by atoms with Gasteiger partial charge in [0.1, 0.15) is 5.69 Å². The largest absolute Gasteiger partial charge is 0.494 e. The predicted molar refractivity (Wildman–Crippen MR) is 150 cm³/mol. The first kappa shape index (κ1) is 26.1. The Morgan fingerprint density at radius 2 is 1.74 bits per heavy atom. The van der Waals surface area contributed by atoms with E-state index in [9.17, 15) is 19.8 Å². The molecular weight excluding hydrogens is 496 g/mol. The van der Waals surface area contributed by atoms with Gasteiger partial charge in [-0.05, 0) is 37.4 Å². The lowest BCUT2D eigenvalue weighted by Gasteiger charge is -2.32. The molecule has 5 rings (SSSR count). The molecule has 0 spiro atoms. The molecule has 10 heteroatoms. The molecule has 1 saturated heterocycles. The van der Waals surface area contributed by atoms with E-state index in [2.05, 4.69) is 26.8 Å². The number of hydrogen-bond donors (Lipinski definition) is 3. The van der Waals surface area contributed by atoms with Crippen LogP contribution in [0.25, 0.3) is 10.9 Å². The summed E-state index contributed by atoms with van der Waals surface area (Å²) in [7, 11) is 3.86. The third-order valence-electron chi connectivity index (χ3n) is 6.97. The van der Waals surface area contributed by atoms with Crippen LogP contribution in [0.15, 0.2) is 71.9 Å². The summed E-state index contributed by atoms with van der Waals surface area (Å²) < 4.78 is 0. The Hall–Kier alpha value is -4.54. The molecule has 3 heterocycles. The summed E-state index contributed by atoms with van der Waals surface area (Å²) in [5.74, 6) is -1.27. The van der Waals surface area contributed by atoms with Crippen LogP contribution in [0.2, 0.25) is 0 Å². The third-order valence-corrected chi connectivity index (χ3v) is 6.97. The van der Waals surface area contributed by atoms with E-state index in [1.807, 2.05) is 54.6 Å². The number of anilines is 1. The first-order valence-electron chi connectivity index (χ1n) is 12.7. The number of H-pyrrole nitrogens is 1. The highest BCUT2D eigenvalue weighted by Gasteiger charge is 2.21. The highest BCUT2D eigenvalue weighted by molar-refractivity contribution is 6.22. The van der Waals surface area contributed by atoms with E-state index in [0.717, 1.165) is 37.4 Å². The lowest BCUT2D eigenvalue weighted by Crippen LogP contribution is -2.48. The molecule has 1 fully saturated rings. The van der Waals surface area contributed by atoms with Crippen LogP contribution >= 0.6 is 0 Å². The lowest BCUT2D eigenvalue weighted by molar-refractivity contribution is -0.119. The topological polar surface area (TPSA) is 125 Å². The average Bonchev–Trinajstić information content (AvgIpc) is 3.28. The maximum atomic E-state index is 12.9. The van der Waals surface area contributed by atoms with Crippen LogP contribution in [0.1, 0.15) is 21.6 Å². The van der Waals surface area contributed by atoms with E-state index in [1.54, 1.807) is 11.9 Å². The van der Waals surface area contributed by atoms with E-state index in [-0.39, 0.29) is 17.5 Å². The normalized spacial score (nSPS) is 15.0. The summed E-state index contributed by atoms with van der Waals surface area (Å²) in [6.45, 7) is 4.03. The number of fused-ring (bicyclic) bond motifs is 1. The van der Waals surface area contributed by atoms with Gasteiger partial charge >= 0.3 is 5.97 Å². The number of nitrogens with one attached hydrogen (secondary N) is 1. The number of carbonyl (C=O) groups is 2. The molecule has 4 aromatic rings. The van der Waals surface area contributed by atoms with Gasteiger partial charge < -0.3 is 25.0 Å². The number of piperazine rings is 1. The second-order valence-corrected chi connectivity index (χ2v) is 9.64. The smallest absolute Gasteiger partial charge is 0.354 e. The Morgan fingerprint density at radius 3 is 2.41 bits per heavy atom. The van der Waals surface area contributed by atoms with Crippen molar-refractivity contribution in [3.8, 4) is 5.88 Å². The van der Waals surface area contributed by atoms with Crippen LogP contribution in [0, 0.1) is 0 Å². The second-order valence-electron chi connectivity index (χ2n) is 9.64. The molecule has 39 heavy (non-hydrogen) atoms. The van der Waals surface area contributed by atoms with Gasteiger partial charge in [0.15, 0.2) is 5.88 Å². The number of aromatic carboxylic acids is 1. The minimum atomic E-state index is -1.16. The van der Waals surface area contributed by atoms with E-state index >= 15 is 0 Å². The molecule has 2 aromatic heterocycles. The van der Waals surface area contributed by atoms with Crippen LogP contribution in [0.3, 0.4) is 0 Å². The Balaban J connectivity index is 1.44. The SMILES string of the molecule is CN1CCN(CC(=O)N(C)c2ccc(N=C(c3ccccc3)c3c(O)[nH]c4cc(C(=O)O)ncc34)cc2)CC1. The Bertz CT molecular complexity index is 1520. The van der Waals surface area contributed by atoms with Crippen LogP contribution < -0.4 is 4.90 Å². The van der Waals surface area contributed by atoms with Gasteiger partial charge in [0.05, 0.1) is 29.0 Å². The Morgan fingerprint density at radius 1 is 1.05 bits per heavy atom. The fraction of sp³-hybridized carbons (Fsp3) is 0.241.